The van der Waals surface area contributed by atoms with Gasteiger partial charge in [0, 0.05) is 0 Å². The van der Waals surface area contributed by atoms with Crippen molar-refractivity contribution < 1.29 is 0 Å². The van der Waals surface area contributed by atoms with E-state index >= 15 is 0 Å². The molecule has 0 nitrogen and oxygen atoms in total. The third-order valence-corrected chi connectivity index (χ3v) is 2.00. The third-order valence-electron chi connectivity index (χ3n) is 2.00. The molecule has 0 spiro atoms. The molecule has 1 radical (unpaired) electrons. The number of allylic oxidation sites excluding steroid dienone is 1. The molecule has 0 unspecified atom stereocenters. The van der Waals surface area contributed by atoms with Gasteiger partial charge in [-0.1, -0.05) is 36.9 Å². The van der Waals surface area contributed by atoms with Gasteiger partial charge in [-0.3, -0.25) is 0 Å². The summed E-state index contributed by atoms with van der Waals surface area (Å²) < 4.78 is 0. The highest BCUT2D eigenvalue weighted by molar-refractivity contribution is 5.67. The highest BCUT2D eigenvalue weighted by atomic mass is 14.1. The van der Waals surface area contributed by atoms with E-state index in [1.54, 1.807) is 0 Å². The van der Waals surface area contributed by atoms with Crippen LogP contribution in [0.1, 0.15) is 16.7 Å². The molecule has 2 rings (SSSR count). The smallest absolute Gasteiger partial charge is 0.00820 e. The molecule has 0 aromatic heterocycles. The fraction of sp³-hybridized carbons (Fsp3) is 0.0909. The first kappa shape index (κ1) is 6.41. The second kappa shape index (κ2) is 2.39. The summed E-state index contributed by atoms with van der Waals surface area (Å²) in [4.78, 5) is 0. The van der Waals surface area contributed by atoms with E-state index in [1.807, 2.05) is 12.1 Å². The lowest BCUT2D eigenvalue weighted by Crippen LogP contribution is -1.85. The minimum Gasteiger partial charge on any atom is -0.0984 e. The van der Waals surface area contributed by atoms with Crippen molar-refractivity contribution in [3.8, 4) is 0 Å². The van der Waals surface area contributed by atoms with Crippen LogP contribution < -0.4 is 0 Å². The lowest BCUT2D eigenvalue weighted by Gasteiger charge is -2.01. The quantitative estimate of drug-likeness (QED) is 0.564. The molecular formula is C11H9. The van der Waals surface area contributed by atoms with Gasteiger partial charge in [0.05, 0.1) is 0 Å². The summed E-state index contributed by atoms with van der Waals surface area (Å²) in [5.74, 6) is 0. The van der Waals surface area contributed by atoms with E-state index in [2.05, 4.69) is 30.9 Å². The predicted octanol–water partition coefficient (Wildman–Crippen LogP) is 2.70. The zero-order valence-electron chi connectivity index (χ0n) is 6.30. The van der Waals surface area contributed by atoms with Gasteiger partial charge in [-0.15, -0.1) is 0 Å². The largest absolute Gasteiger partial charge is 0.0984 e. The van der Waals surface area contributed by atoms with Crippen molar-refractivity contribution in [3.05, 3.63) is 47.5 Å². The Bertz CT molecular complexity index is 319. The zero-order valence-corrected chi connectivity index (χ0v) is 6.30. The van der Waals surface area contributed by atoms with Crippen molar-refractivity contribution >= 4 is 12.2 Å². The van der Waals surface area contributed by atoms with Crippen molar-refractivity contribution in [3.63, 3.8) is 0 Å². The second-order valence-corrected chi connectivity index (χ2v) is 2.64. The molecule has 0 heterocycles. The van der Waals surface area contributed by atoms with Crippen LogP contribution in [0.4, 0.5) is 0 Å². The average Bonchev–Trinajstić information content (AvgIpc) is 2.50. The summed E-state index contributed by atoms with van der Waals surface area (Å²) in [5.41, 5.74) is 3.83. The molecule has 0 N–H and O–H groups in total. The fourth-order valence-corrected chi connectivity index (χ4v) is 1.43. The van der Waals surface area contributed by atoms with Crippen molar-refractivity contribution in [1.29, 1.82) is 0 Å². The number of fused-ring (bicyclic) bond motifs is 1. The summed E-state index contributed by atoms with van der Waals surface area (Å²) >= 11 is 0. The number of hydrogen-bond acceptors (Lipinski definition) is 0. The van der Waals surface area contributed by atoms with Crippen LogP contribution in [0, 0.1) is 6.07 Å². The van der Waals surface area contributed by atoms with Crippen LogP contribution in [0.3, 0.4) is 0 Å². The third kappa shape index (κ3) is 0.911. The van der Waals surface area contributed by atoms with Crippen LogP contribution in [-0.4, -0.2) is 0 Å². The molecule has 53 valence electrons. The normalized spacial score (nSPS) is 13.1. The summed E-state index contributed by atoms with van der Waals surface area (Å²) in [7, 11) is 0. The summed E-state index contributed by atoms with van der Waals surface area (Å²) in [5, 5.41) is 0. The average molecular weight is 141 g/mol. The molecular weight excluding hydrogens is 132 g/mol. The maximum absolute atomic E-state index is 3.75. The van der Waals surface area contributed by atoms with Gasteiger partial charge in [0.1, 0.15) is 0 Å². The Morgan fingerprint density at radius 3 is 3.27 bits per heavy atom. The monoisotopic (exact) mass is 141 g/mol. The van der Waals surface area contributed by atoms with E-state index in [-0.39, 0.29) is 0 Å². The minimum atomic E-state index is 1.04. The Kier molecular flexibility index (Phi) is 1.39. The predicted molar refractivity (Wildman–Crippen MR) is 48.1 cm³/mol. The van der Waals surface area contributed by atoms with Crippen LogP contribution in [0.2, 0.25) is 0 Å². The lowest BCUT2D eigenvalue weighted by atomic mass is 10.0. The van der Waals surface area contributed by atoms with Crippen LogP contribution in [0.25, 0.3) is 12.2 Å². The number of rotatable bonds is 1. The van der Waals surface area contributed by atoms with Crippen molar-refractivity contribution in [2.24, 2.45) is 0 Å². The zero-order chi connectivity index (χ0) is 7.68. The van der Waals surface area contributed by atoms with Gasteiger partial charge in [-0.05, 0) is 29.2 Å². The van der Waals surface area contributed by atoms with Gasteiger partial charge >= 0.3 is 0 Å². The van der Waals surface area contributed by atoms with Gasteiger partial charge in [-0.25, -0.2) is 0 Å². The van der Waals surface area contributed by atoms with E-state index in [4.69, 9.17) is 0 Å². The Labute approximate surface area is 66.9 Å². The maximum atomic E-state index is 3.75. The molecule has 0 atom stereocenters. The Morgan fingerprint density at radius 2 is 2.45 bits per heavy atom. The molecule has 0 bridgehead atoms. The highest BCUT2D eigenvalue weighted by Gasteiger charge is 2.06. The van der Waals surface area contributed by atoms with E-state index in [0.717, 1.165) is 12.0 Å². The summed E-state index contributed by atoms with van der Waals surface area (Å²) in [6.45, 7) is 3.75. The van der Waals surface area contributed by atoms with E-state index in [9.17, 15) is 0 Å². The molecule has 0 saturated heterocycles. The van der Waals surface area contributed by atoms with Gasteiger partial charge in [0.2, 0.25) is 0 Å². The fourth-order valence-electron chi connectivity index (χ4n) is 1.43. The van der Waals surface area contributed by atoms with Crippen molar-refractivity contribution in [1.82, 2.24) is 0 Å². The molecule has 0 fully saturated rings. The number of benzene rings is 1. The summed E-state index contributed by atoms with van der Waals surface area (Å²) in [6, 6.07) is 7.20. The Morgan fingerprint density at radius 1 is 1.55 bits per heavy atom. The molecule has 0 aliphatic heterocycles. The van der Waals surface area contributed by atoms with Crippen LogP contribution >= 0.6 is 0 Å². The molecule has 1 aromatic rings. The standard InChI is InChI=1S/C11H9/c1-2-9-5-3-6-10-7-4-8-11(9)10/h2-4,6-7H,1,8H2. The van der Waals surface area contributed by atoms with E-state index < -0.39 is 0 Å². The molecule has 1 aliphatic carbocycles. The van der Waals surface area contributed by atoms with Crippen molar-refractivity contribution in [2.45, 2.75) is 6.42 Å². The molecule has 0 amide bonds. The molecule has 1 aromatic carbocycles. The lowest BCUT2D eigenvalue weighted by molar-refractivity contribution is 1.29. The minimum absolute atomic E-state index is 1.04. The van der Waals surface area contributed by atoms with Crippen LogP contribution in [0.15, 0.2) is 24.8 Å². The first-order valence-electron chi connectivity index (χ1n) is 3.74. The number of hydrogen-bond donors (Lipinski definition) is 0. The van der Waals surface area contributed by atoms with Crippen LogP contribution in [0.5, 0.6) is 0 Å². The first-order valence-corrected chi connectivity index (χ1v) is 3.74. The molecule has 11 heavy (non-hydrogen) atoms. The van der Waals surface area contributed by atoms with E-state index in [0.29, 0.717) is 0 Å². The van der Waals surface area contributed by atoms with Crippen molar-refractivity contribution in [2.75, 3.05) is 0 Å². The van der Waals surface area contributed by atoms with Gasteiger partial charge in [-0.2, -0.15) is 0 Å². The van der Waals surface area contributed by atoms with Gasteiger partial charge < -0.3 is 0 Å². The highest BCUT2D eigenvalue weighted by Crippen LogP contribution is 2.22. The second-order valence-electron chi connectivity index (χ2n) is 2.64. The van der Waals surface area contributed by atoms with Gasteiger partial charge in [0.15, 0.2) is 0 Å². The van der Waals surface area contributed by atoms with E-state index in [1.165, 1.54) is 11.1 Å². The maximum Gasteiger partial charge on any atom is -0.00820 e. The van der Waals surface area contributed by atoms with Gasteiger partial charge in [0.25, 0.3) is 0 Å². The molecule has 1 aliphatic rings. The SMILES string of the molecule is C=Cc1[c]ccc2c1CC=C2. The molecule has 0 saturated carbocycles. The van der Waals surface area contributed by atoms with Crippen LogP contribution in [-0.2, 0) is 6.42 Å². The topological polar surface area (TPSA) is 0 Å². The summed E-state index contributed by atoms with van der Waals surface area (Å²) in [6.07, 6.45) is 7.22. The first-order chi connectivity index (χ1) is 5.42. The Balaban J connectivity index is 2.63. The molecule has 0 heteroatoms. The Hall–Kier alpha value is -1.30.